The summed E-state index contributed by atoms with van der Waals surface area (Å²) in [5, 5.41) is 3.48. The Bertz CT molecular complexity index is 431. The normalized spacial score (nSPS) is 17.4. The standard InChI is InChI=1S/C13H16ClNOS/c1-8(9-3-2-4-9)15-13(16)11-7-10(17)5-6-12(11)14/h5-9,17H,2-4H2,1H3,(H,15,16). The van der Waals surface area contributed by atoms with E-state index in [2.05, 4.69) is 24.9 Å². The third-order valence-electron chi connectivity index (χ3n) is 3.41. The van der Waals surface area contributed by atoms with Crippen LogP contribution in [-0.4, -0.2) is 11.9 Å². The molecule has 0 radical (unpaired) electrons. The molecule has 1 aliphatic rings. The van der Waals surface area contributed by atoms with Gasteiger partial charge in [0.05, 0.1) is 10.6 Å². The molecule has 1 aromatic carbocycles. The molecule has 2 nitrogen and oxygen atoms in total. The van der Waals surface area contributed by atoms with Crippen molar-refractivity contribution in [1.82, 2.24) is 5.32 Å². The van der Waals surface area contributed by atoms with Gasteiger partial charge in [0.1, 0.15) is 0 Å². The van der Waals surface area contributed by atoms with Crippen LogP contribution in [-0.2, 0) is 0 Å². The second-order valence-corrected chi connectivity index (χ2v) is 5.54. The number of halogens is 1. The summed E-state index contributed by atoms with van der Waals surface area (Å²) >= 11 is 10.2. The number of amides is 1. The summed E-state index contributed by atoms with van der Waals surface area (Å²) < 4.78 is 0. The van der Waals surface area contributed by atoms with Gasteiger partial charge in [0.25, 0.3) is 5.91 Å². The number of carbonyl (C=O) groups excluding carboxylic acids is 1. The van der Waals surface area contributed by atoms with Crippen molar-refractivity contribution < 1.29 is 4.79 Å². The van der Waals surface area contributed by atoms with Crippen molar-refractivity contribution in [2.24, 2.45) is 5.92 Å². The van der Waals surface area contributed by atoms with E-state index in [0.29, 0.717) is 16.5 Å². The van der Waals surface area contributed by atoms with E-state index in [1.807, 2.05) is 0 Å². The van der Waals surface area contributed by atoms with Gasteiger partial charge in [-0.15, -0.1) is 12.6 Å². The monoisotopic (exact) mass is 269 g/mol. The molecule has 0 saturated heterocycles. The number of hydrogen-bond donors (Lipinski definition) is 2. The Labute approximate surface area is 112 Å². The lowest BCUT2D eigenvalue weighted by molar-refractivity contribution is 0.0909. The molecule has 0 bridgehead atoms. The van der Waals surface area contributed by atoms with Crippen molar-refractivity contribution in [2.75, 3.05) is 0 Å². The highest BCUT2D eigenvalue weighted by Gasteiger charge is 2.25. The van der Waals surface area contributed by atoms with E-state index in [9.17, 15) is 4.79 Å². The third kappa shape index (κ3) is 2.96. The quantitative estimate of drug-likeness (QED) is 0.808. The first kappa shape index (κ1) is 12.8. The van der Waals surface area contributed by atoms with Crippen molar-refractivity contribution in [3.8, 4) is 0 Å². The summed E-state index contributed by atoms with van der Waals surface area (Å²) in [6, 6.07) is 5.40. The molecule has 0 aliphatic heterocycles. The maximum absolute atomic E-state index is 12.0. The minimum Gasteiger partial charge on any atom is -0.349 e. The summed E-state index contributed by atoms with van der Waals surface area (Å²) in [6.45, 7) is 2.06. The van der Waals surface area contributed by atoms with E-state index >= 15 is 0 Å². The van der Waals surface area contributed by atoms with Crippen LogP contribution in [0.25, 0.3) is 0 Å². The van der Waals surface area contributed by atoms with Gasteiger partial charge in [0.15, 0.2) is 0 Å². The number of carbonyl (C=O) groups is 1. The Kier molecular flexibility index (Phi) is 4.00. The molecule has 92 valence electrons. The van der Waals surface area contributed by atoms with Gasteiger partial charge in [-0.25, -0.2) is 0 Å². The molecule has 0 aromatic heterocycles. The maximum Gasteiger partial charge on any atom is 0.253 e. The van der Waals surface area contributed by atoms with Crippen LogP contribution in [0.4, 0.5) is 0 Å². The van der Waals surface area contributed by atoms with Crippen LogP contribution in [0.5, 0.6) is 0 Å². The third-order valence-corrected chi connectivity index (χ3v) is 4.02. The largest absolute Gasteiger partial charge is 0.349 e. The summed E-state index contributed by atoms with van der Waals surface area (Å²) in [6.07, 6.45) is 3.70. The first-order valence-electron chi connectivity index (χ1n) is 5.87. The summed E-state index contributed by atoms with van der Waals surface area (Å²) in [5.74, 6) is 0.516. The molecule has 1 amide bonds. The number of rotatable bonds is 3. The van der Waals surface area contributed by atoms with Crippen molar-refractivity contribution >= 4 is 30.1 Å². The summed E-state index contributed by atoms with van der Waals surface area (Å²) in [7, 11) is 0. The van der Waals surface area contributed by atoms with Crippen molar-refractivity contribution in [3.05, 3.63) is 28.8 Å². The molecule has 1 N–H and O–H groups in total. The van der Waals surface area contributed by atoms with Crippen LogP contribution in [0.1, 0.15) is 36.5 Å². The fourth-order valence-corrected chi connectivity index (χ4v) is 2.44. The van der Waals surface area contributed by atoms with Crippen molar-refractivity contribution in [3.63, 3.8) is 0 Å². The zero-order valence-electron chi connectivity index (χ0n) is 9.74. The zero-order chi connectivity index (χ0) is 12.4. The van der Waals surface area contributed by atoms with Gasteiger partial charge in [0, 0.05) is 10.9 Å². The average molecular weight is 270 g/mol. The highest BCUT2D eigenvalue weighted by Crippen LogP contribution is 2.29. The second-order valence-electron chi connectivity index (χ2n) is 4.62. The van der Waals surface area contributed by atoms with Crippen LogP contribution in [0.3, 0.4) is 0 Å². The van der Waals surface area contributed by atoms with Gasteiger partial charge in [-0.05, 0) is 43.9 Å². The predicted molar refractivity (Wildman–Crippen MR) is 73.0 cm³/mol. The van der Waals surface area contributed by atoms with E-state index in [-0.39, 0.29) is 11.9 Å². The molecule has 0 spiro atoms. The Morgan fingerprint density at radius 1 is 1.53 bits per heavy atom. The number of nitrogens with one attached hydrogen (secondary N) is 1. The van der Waals surface area contributed by atoms with E-state index in [4.69, 9.17) is 11.6 Å². The minimum atomic E-state index is -0.106. The molecule has 2 rings (SSSR count). The first-order chi connectivity index (χ1) is 8.08. The zero-order valence-corrected chi connectivity index (χ0v) is 11.4. The summed E-state index contributed by atoms with van der Waals surface area (Å²) in [5.41, 5.74) is 0.505. The molecular weight excluding hydrogens is 254 g/mol. The minimum absolute atomic E-state index is 0.106. The Morgan fingerprint density at radius 2 is 2.24 bits per heavy atom. The van der Waals surface area contributed by atoms with Crippen LogP contribution >= 0.6 is 24.2 Å². The molecular formula is C13H16ClNOS. The van der Waals surface area contributed by atoms with E-state index < -0.39 is 0 Å². The molecule has 17 heavy (non-hydrogen) atoms. The maximum atomic E-state index is 12.0. The molecule has 1 aliphatic carbocycles. The molecule has 4 heteroatoms. The van der Waals surface area contributed by atoms with E-state index in [0.717, 1.165) is 4.90 Å². The van der Waals surface area contributed by atoms with Gasteiger partial charge in [-0.3, -0.25) is 4.79 Å². The van der Waals surface area contributed by atoms with Crippen molar-refractivity contribution in [1.29, 1.82) is 0 Å². The molecule has 1 aromatic rings. The SMILES string of the molecule is CC(NC(=O)c1cc(S)ccc1Cl)C1CCC1. The van der Waals surface area contributed by atoms with Crippen molar-refractivity contribution in [2.45, 2.75) is 37.1 Å². The number of benzene rings is 1. The first-order valence-corrected chi connectivity index (χ1v) is 6.70. The lowest BCUT2D eigenvalue weighted by Crippen LogP contribution is -2.40. The molecule has 1 fully saturated rings. The lowest BCUT2D eigenvalue weighted by Gasteiger charge is -2.31. The predicted octanol–water partition coefficient (Wildman–Crippen LogP) is 3.55. The Hall–Kier alpha value is -0.670. The molecule has 1 atom stereocenters. The van der Waals surface area contributed by atoms with E-state index in [1.54, 1.807) is 18.2 Å². The average Bonchev–Trinajstić information content (AvgIpc) is 2.18. The highest BCUT2D eigenvalue weighted by molar-refractivity contribution is 7.80. The Balaban J connectivity index is 2.05. The number of thiol groups is 1. The fourth-order valence-electron chi connectivity index (χ4n) is 2.03. The van der Waals surface area contributed by atoms with Crippen LogP contribution in [0.15, 0.2) is 23.1 Å². The molecule has 1 unspecified atom stereocenters. The number of hydrogen-bond acceptors (Lipinski definition) is 2. The fraction of sp³-hybridized carbons (Fsp3) is 0.462. The Morgan fingerprint density at radius 3 is 2.82 bits per heavy atom. The molecule has 0 heterocycles. The van der Waals surface area contributed by atoms with Gasteiger partial charge in [-0.2, -0.15) is 0 Å². The van der Waals surface area contributed by atoms with E-state index in [1.165, 1.54) is 19.3 Å². The van der Waals surface area contributed by atoms with Crippen LogP contribution in [0.2, 0.25) is 5.02 Å². The second kappa shape index (κ2) is 5.32. The van der Waals surface area contributed by atoms with Crippen LogP contribution < -0.4 is 5.32 Å². The smallest absolute Gasteiger partial charge is 0.253 e. The van der Waals surface area contributed by atoms with Gasteiger partial charge in [0.2, 0.25) is 0 Å². The van der Waals surface area contributed by atoms with Crippen LogP contribution in [0, 0.1) is 5.92 Å². The van der Waals surface area contributed by atoms with Gasteiger partial charge >= 0.3 is 0 Å². The lowest BCUT2D eigenvalue weighted by atomic mass is 9.80. The van der Waals surface area contributed by atoms with Gasteiger partial charge < -0.3 is 5.32 Å². The topological polar surface area (TPSA) is 29.1 Å². The molecule has 1 saturated carbocycles. The highest BCUT2D eigenvalue weighted by atomic mass is 35.5. The summed E-state index contributed by atoms with van der Waals surface area (Å²) in [4.78, 5) is 12.8. The van der Waals surface area contributed by atoms with Gasteiger partial charge in [-0.1, -0.05) is 18.0 Å².